The summed E-state index contributed by atoms with van der Waals surface area (Å²) in [4.78, 5) is 12.2. The minimum absolute atomic E-state index is 0.218. The van der Waals surface area contributed by atoms with Crippen LogP contribution in [0.15, 0.2) is 66.7 Å². The molecule has 0 fully saturated rings. The van der Waals surface area contributed by atoms with Crippen LogP contribution in [0.3, 0.4) is 0 Å². The molecule has 3 nitrogen and oxygen atoms in total. The molecule has 0 saturated heterocycles. The highest BCUT2D eigenvalue weighted by Gasteiger charge is 2.45. The third kappa shape index (κ3) is 3.19. The Hall–Kier alpha value is -3.12. The van der Waals surface area contributed by atoms with E-state index in [4.69, 9.17) is 0 Å². The van der Waals surface area contributed by atoms with Gasteiger partial charge in [-0.3, -0.25) is 4.79 Å². The van der Waals surface area contributed by atoms with Crippen LogP contribution in [-0.2, 0) is 4.79 Å². The van der Waals surface area contributed by atoms with Crippen molar-refractivity contribution in [3.05, 3.63) is 83.4 Å². The van der Waals surface area contributed by atoms with Crippen LogP contribution >= 0.6 is 0 Å². The van der Waals surface area contributed by atoms with E-state index in [1.165, 1.54) is 6.92 Å². The molecule has 0 saturated carbocycles. The fourth-order valence-corrected chi connectivity index (χ4v) is 3.83. The van der Waals surface area contributed by atoms with Gasteiger partial charge in [0.2, 0.25) is 0 Å². The number of hydrogen-bond donors (Lipinski definition) is 1. The molecule has 0 unspecified atom stereocenters. The highest BCUT2D eigenvalue weighted by molar-refractivity contribution is 5.89. The number of aliphatic carboxylic acids is 1. The number of rotatable bonds is 5. The average Bonchev–Trinajstić information content (AvgIpc) is 2.68. The SMILES string of the molecule is CC(C)c1ccccc1[C@H](c1cccc2ccccc12)[C@](C)(C#N)C(=O)O. The maximum atomic E-state index is 12.2. The zero-order valence-electron chi connectivity index (χ0n) is 15.8. The van der Waals surface area contributed by atoms with Crippen LogP contribution in [-0.4, -0.2) is 11.1 Å². The number of benzene rings is 3. The molecule has 0 spiro atoms. The van der Waals surface area contributed by atoms with E-state index in [1.54, 1.807) is 0 Å². The fourth-order valence-electron chi connectivity index (χ4n) is 3.83. The lowest BCUT2D eigenvalue weighted by Gasteiger charge is -2.32. The van der Waals surface area contributed by atoms with Crippen LogP contribution in [0.25, 0.3) is 10.8 Å². The number of carboxylic acids is 1. The molecule has 0 bridgehead atoms. The second kappa shape index (κ2) is 7.25. The predicted molar refractivity (Wildman–Crippen MR) is 108 cm³/mol. The zero-order valence-corrected chi connectivity index (χ0v) is 15.8. The largest absolute Gasteiger partial charge is 0.480 e. The molecule has 0 radical (unpaired) electrons. The van der Waals surface area contributed by atoms with E-state index in [2.05, 4.69) is 19.9 Å². The second-order valence-electron chi connectivity index (χ2n) is 7.40. The first-order valence-corrected chi connectivity index (χ1v) is 9.11. The molecule has 27 heavy (non-hydrogen) atoms. The lowest BCUT2D eigenvalue weighted by atomic mass is 9.68. The van der Waals surface area contributed by atoms with Gasteiger partial charge in [0, 0.05) is 5.92 Å². The summed E-state index contributed by atoms with van der Waals surface area (Å²) in [7, 11) is 0. The first-order valence-electron chi connectivity index (χ1n) is 9.11. The van der Waals surface area contributed by atoms with Gasteiger partial charge in [0.15, 0.2) is 5.41 Å². The van der Waals surface area contributed by atoms with Crippen molar-refractivity contribution in [2.75, 3.05) is 0 Å². The van der Waals surface area contributed by atoms with Crippen molar-refractivity contribution < 1.29 is 9.90 Å². The predicted octanol–water partition coefficient (Wildman–Crippen LogP) is 5.71. The van der Waals surface area contributed by atoms with E-state index in [0.717, 1.165) is 27.5 Å². The monoisotopic (exact) mass is 357 g/mol. The maximum absolute atomic E-state index is 12.2. The van der Waals surface area contributed by atoms with E-state index in [-0.39, 0.29) is 5.92 Å². The van der Waals surface area contributed by atoms with Crippen molar-refractivity contribution in [2.24, 2.45) is 5.41 Å². The summed E-state index contributed by atoms with van der Waals surface area (Å²) in [5.74, 6) is -1.47. The van der Waals surface area contributed by atoms with Gasteiger partial charge in [0.05, 0.1) is 6.07 Å². The van der Waals surface area contributed by atoms with Gasteiger partial charge >= 0.3 is 5.97 Å². The van der Waals surface area contributed by atoms with Crippen molar-refractivity contribution in [3.8, 4) is 6.07 Å². The first kappa shape index (κ1) is 18.7. The van der Waals surface area contributed by atoms with Crippen LogP contribution in [0.1, 0.15) is 49.3 Å². The summed E-state index contributed by atoms with van der Waals surface area (Å²) < 4.78 is 0. The molecule has 0 aliphatic carbocycles. The molecule has 0 aliphatic heterocycles. The molecule has 2 atom stereocenters. The van der Waals surface area contributed by atoms with E-state index in [9.17, 15) is 15.2 Å². The summed E-state index contributed by atoms with van der Waals surface area (Å²) in [6.07, 6.45) is 0. The Balaban J connectivity index is 2.40. The minimum Gasteiger partial charge on any atom is -0.480 e. The highest BCUT2D eigenvalue weighted by Crippen LogP contribution is 2.45. The lowest BCUT2D eigenvalue weighted by Crippen LogP contribution is -2.34. The van der Waals surface area contributed by atoms with Crippen molar-refractivity contribution in [3.63, 3.8) is 0 Å². The number of nitriles is 1. The van der Waals surface area contributed by atoms with E-state index in [1.807, 2.05) is 66.7 Å². The van der Waals surface area contributed by atoms with Gasteiger partial charge in [0.1, 0.15) is 0 Å². The first-order chi connectivity index (χ1) is 12.9. The Morgan fingerprint density at radius 3 is 2.11 bits per heavy atom. The topological polar surface area (TPSA) is 61.1 Å². The van der Waals surface area contributed by atoms with E-state index < -0.39 is 17.3 Å². The lowest BCUT2D eigenvalue weighted by molar-refractivity contribution is -0.145. The average molecular weight is 357 g/mol. The van der Waals surface area contributed by atoms with Crippen LogP contribution in [0.2, 0.25) is 0 Å². The molecule has 0 amide bonds. The Morgan fingerprint density at radius 1 is 0.926 bits per heavy atom. The Kier molecular flexibility index (Phi) is 5.01. The Bertz CT molecular complexity index is 1030. The number of carbonyl (C=O) groups is 1. The van der Waals surface area contributed by atoms with Crippen LogP contribution < -0.4 is 0 Å². The van der Waals surface area contributed by atoms with Gasteiger partial charge in [-0.05, 0) is 40.3 Å². The number of nitrogens with zero attached hydrogens (tertiary/aromatic N) is 1. The normalized spacial score (nSPS) is 14.5. The second-order valence-corrected chi connectivity index (χ2v) is 7.40. The van der Waals surface area contributed by atoms with Crippen molar-refractivity contribution in [1.29, 1.82) is 5.26 Å². The van der Waals surface area contributed by atoms with Gasteiger partial charge in [-0.2, -0.15) is 5.26 Å². The molecule has 3 aromatic carbocycles. The summed E-state index contributed by atoms with van der Waals surface area (Å²) in [5.41, 5.74) is 1.25. The quantitative estimate of drug-likeness (QED) is 0.636. The third-order valence-electron chi connectivity index (χ3n) is 5.32. The zero-order chi connectivity index (χ0) is 19.6. The standard InChI is InChI=1S/C24H23NO2/c1-16(2)18-11-6-7-13-20(18)22(24(3,15-25)23(26)27)21-14-8-10-17-9-4-5-12-19(17)21/h4-14,16,22H,1-3H3,(H,26,27)/t22-,24+/m1/s1. The van der Waals surface area contributed by atoms with Crippen molar-refractivity contribution in [1.82, 2.24) is 0 Å². The van der Waals surface area contributed by atoms with Crippen LogP contribution in [0.4, 0.5) is 0 Å². The Labute approximate surface area is 159 Å². The molecule has 0 aromatic heterocycles. The molecule has 0 aliphatic rings. The number of hydrogen-bond acceptors (Lipinski definition) is 2. The molecule has 3 heteroatoms. The van der Waals surface area contributed by atoms with Gasteiger partial charge in [-0.15, -0.1) is 0 Å². The molecular formula is C24H23NO2. The highest BCUT2D eigenvalue weighted by atomic mass is 16.4. The molecule has 136 valence electrons. The van der Waals surface area contributed by atoms with Crippen LogP contribution in [0.5, 0.6) is 0 Å². The van der Waals surface area contributed by atoms with Crippen molar-refractivity contribution in [2.45, 2.75) is 32.6 Å². The van der Waals surface area contributed by atoms with E-state index in [0.29, 0.717) is 0 Å². The number of fused-ring (bicyclic) bond motifs is 1. The summed E-state index contributed by atoms with van der Waals surface area (Å²) in [6, 6.07) is 23.8. The van der Waals surface area contributed by atoms with Gasteiger partial charge in [0.25, 0.3) is 0 Å². The smallest absolute Gasteiger partial charge is 0.324 e. The molecule has 0 heterocycles. The van der Waals surface area contributed by atoms with Gasteiger partial charge in [-0.1, -0.05) is 80.6 Å². The summed E-state index contributed by atoms with van der Waals surface area (Å²) in [6.45, 7) is 5.70. The van der Waals surface area contributed by atoms with Crippen LogP contribution in [0, 0.1) is 16.7 Å². The number of carboxylic acid groups (broad SMARTS) is 1. The minimum atomic E-state index is -1.59. The van der Waals surface area contributed by atoms with Crippen molar-refractivity contribution >= 4 is 16.7 Å². The van der Waals surface area contributed by atoms with Gasteiger partial charge in [-0.25, -0.2) is 0 Å². The van der Waals surface area contributed by atoms with Gasteiger partial charge < -0.3 is 5.11 Å². The Morgan fingerprint density at radius 2 is 1.48 bits per heavy atom. The molecule has 3 aromatic rings. The molecule has 1 N–H and O–H groups in total. The molecule has 3 rings (SSSR count). The molecular weight excluding hydrogens is 334 g/mol. The third-order valence-corrected chi connectivity index (χ3v) is 5.32. The van der Waals surface area contributed by atoms with E-state index >= 15 is 0 Å². The fraction of sp³-hybridized carbons (Fsp3) is 0.250. The maximum Gasteiger partial charge on any atom is 0.324 e. The summed E-state index contributed by atoms with van der Waals surface area (Å²) >= 11 is 0. The summed E-state index contributed by atoms with van der Waals surface area (Å²) in [5, 5.41) is 21.9.